The van der Waals surface area contributed by atoms with Gasteiger partial charge in [-0.1, -0.05) is 133 Å². The minimum atomic E-state index is -0.723. The summed E-state index contributed by atoms with van der Waals surface area (Å²) in [6.07, 6.45) is 0. The quantitative estimate of drug-likeness (QED) is 0.183. The molecule has 0 spiro atoms. The van der Waals surface area contributed by atoms with Crippen LogP contribution in [0.25, 0.3) is 67.2 Å². The average Bonchev–Trinajstić information content (AvgIpc) is 3.75. The summed E-state index contributed by atoms with van der Waals surface area (Å²) in [7, 11) is 0. The minimum Gasteiger partial charge on any atom is -0.456 e. The van der Waals surface area contributed by atoms with Crippen molar-refractivity contribution >= 4 is 21.9 Å². The van der Waals surface area contributed by atoms with E-state index in [1.54, 1.807) is 0 Å². The summed E-state index contributed by atoms with van der Waals surface area (Å²) in [5, 5.41) is 12.0. The molecule has 0 aliphatic heterocycles. The van der Waals surface area contributed by atoms with E-state index in [0.717, 1.165) is 72.0 Å². The minimum absolute atomic E-state index is 0.587. The predicted molar refractivity (Wildman–Crippen MR) is 205 cm³/mol. The molecule has 5 heteroatoms. The van der Waals surface area contributed by atoms with Crippen LogP contribution in [0.3, 0.4) is 0 Å². The summed E-state index contributed by atoms with van der Waals surface area (Å²) < 4.78 is 6.94. The van der Waals surface area contributed by atoms with E-state index in [1.165, 1.54) is 0 Å². The highest BCUT2D eigenvalue weighted by molar-refractivity contribution is 6.11. The van der Waals surface area contributed by atoms with Gasteiger partial charge in [0.1, 0.15) is 11.2 Å². The molecule has 9 aromatic rings. The van der Waals surface area contributed by atoms with E-state index < -0.39 is 5.41 Å². The summed E-state index contributed by atoms with van der Waals surface area (Å²) in [6.45, 7) is 0. The van der Waals surface area contributed by atoms with Crippen molar-refractivity contribution in [3.8, 4) is 51.4 Å². The van der Waals surface area contributed by atoms with Crippen molar-refractivity contribution in [2.24, 2.45) is 0 Å². The highest BCUT2D eigenvalue weighted by Gasteiger charge is 2.48. The van der Waals surface area contributed by atoms with Crippen LogP contribution < -0.4 is 0 Å². The number of hydrogen-bond donors (Lipinski definition) is 0. The zero-order valence-electron chi connectivity index (χ0n) is 27.9. The lowest BCUT2D eigenvalue weighted by molar-refractivity contribution is 0.650. The molecular formula is C47H28N4O. The monoisotopic (exact) mass is 664 g/mol. The third-order valence-corrected chi connectivity index (χ3v) is 10.2. The summed E-state index contributed by atoms with van der Waals surface area (Å²) in [5.41, 5.74) is 10.7. The fourth-order valence-electron chi connectivity index (χ4n) is 7.95. The second-order valence-electron chi connectivity index (χ2n) is 13.1. The standard InChI is InChI=1S/C47H28N4O/c48-29-30-21-23-36-37-24-25-38-39-28-33(46-50-44(31-13-5-1-6-14-31)49-45(51-46)32-15-7-2-8-16-32)22-26-41(39)52-43(38)42(37)47(40(36)27-30,34-17-9-3-10-18-34)35-19-11-4-12-20-35/h1-28H. The van der Waals surface area contributed by atoms with E-state index in [4.69, 9.17) is 19.4 Å². The lowest BCUT2D eigenvalue weighted by atomic mass is 9.67. The number of nitrogens with zero attached hydrogens (tertiary/aromatic N) is 4. The first-order chi connectivity index (χ1) is 25.7. The lowest BCUT2D eigenvalue weighted by Crippen LogP contribution is -2.28. The number of rotatable bonds is 5. The number of nitriles is 1. The van der Waals surface area contributed by atoms with Crippen LogP contribution in [0, 0.1) is 11.3 Å². The maximum absolute atomic E-state index is 10.1. The number of furan rings is 1. The van der Waals surface area contributed by atoms with Gasteiger partial charge in [0.05, 0.1) is 17.0 Å². The van der Waals surface area contributed by atoms with Gasteiger partial charge < -0.3 is 4.42 Å². The van der Waals surface area contributed by atoms with E-state index in [1.807, 2.05) is 91.0 Å². The zero-order chi connectivity index (χ0) is 34.6. The van der Waals surface area contributed by atoms with Crippen molar-refractivity contribution in [3.05, 3.63) is 198 Å². The molecular weight excluding hydrogens is 637 g/mol. The molecule has 2 heterocycles. The highest BCUT2D eigenvalue weighted by Crippen LogP contribution is 2.59. The van der Waals surface area contributed by atoms with Gasteiger partial charge in [-0.05, 0) is 64.2 Å². The second-order valence-corrected chi connectivity index (χ2v) is 13.1. The predicted octanol–water partition coefficient (Wildman–Crippen LogP) is 11.0. The maximum atomic E-state index is 10.1. The first-order valence-corrected chi connectivity index (χ1v) is 17.3. The van der Waals surface area contributed by atoms with Crippen molar-refractivity contribution in [2.75, 3.05) is 0 Å². The Morgan fingerprint density at radius 1 is 0.481 bits per heavy atom. The SMILES string of the molecule is N#Cc1ccc2c(c1)C(c1ccccc1)(c1ccccc1)c1c-2ccc2c1oc1ccc(-c3nc(-c4ccccc4)nc(-c4ccccc4)n3)cc12. The lowest BCUT2D eigenvalue weighted by Gasteiger charge is -2.33. The van der Waals surface area contributed by atoms with E-state index in [-0.39, 0.29) is 0 Å². The van der Waals surface area contributed by atoms with Gasteiger partial charge in [-0.3, -0.25) is 0 Å². The first kappa shape index (κ1) is 29.7. The molecule has 0 fully saturated rings. The van der Waals surface area contributed by atoms with Gasteiger partial charge in [-0.2, -0.15) is 5.26 Å². The van der Waals surface area contributed by atoms with Crippen LogP contribution in [0.2, 0.25) is 0 Å². The Bertz CT molecular complexity index is 2740. The van der Waals surface area contributed by atoms with Gasteiger partial charge in [0, 0.05) is 33.0 Å². The highest BCUT2D eigenvalue weighted by atomic mass is 16.3. The first-order valence-electron chi connectivity index (χ1n) is 17.3. The largest absolute Gasteiger partial charge is 0.456 e. The van der Waals surface area contributed by atoms with Gasteiger partial charge in [0.25, 0.3) is 0 Å². The maximum Gasteiger partial charge on any atom is 0.164 e. The Labute approximate surface area is 300 Å². The third-order valence-electron chi connectivity index (χ3n) is 10.2. The Kier molecular flexibility index (Phi) is 6.70. The van der Waals surface area contributed by atoms with Crippen LogP contribution in [-0.2, 0) is 5.41 Å². The molecule has 0 saturated heterocycles. The van der Waals surface area contributed by atoms with E-state index >= 15 is 0 Å². The summed E-state index contributed by atoms with van der Waals surface area (Å²) in [5.74, 6) is 1.82. The van der Waals surface area contributed by atoms with Crippen molar-refractivity contribution in [1.82, 2.24) is 15.0 Å². The Balaban J connectivity index is 1.24. The summed E-state index contributed by atoms with van der Waals surface area (Å²) in [4.78, 5) is 14.9. The van der Waals surface area contributed by atoms with Gasteiger partial charge in [-0.15, -0.1) is 0 Å². The molecule has 0 N–H and O–H groups in total. The molecule has 1 aliphatic rings. The molecule has 5 nitrogen and oxygen atoms in total. The molecule has 7 aromatic carbocycles. The molecule has 0 saturated carbocycles. The Morgan fingerprint density at radius 3 is 1.60 bits per heavy atom. The van der Waals surface area contributed by atoms with E-state index in [2.05, 4.69) is 84.9 Å². The van der Waals surface area contributed by atoms with E-state index in [0.29, 0.717) is 23.0 Å². The van der Waals surface area contributed by atoms with Gasteiger partial charge in [0.2, 0.25) is 0 Å². The molecule has 242 valence electrons. The molecule has 0 atom stereocenters. The number of hydrogen-bond acceptors (Lipinski definition) is 5. The van der Waals surface area contributed by atoms with Crippen LogP contribution in [0.5, 0.6) is 0 Å². The van der Waals surface area contributed by atoms with Gasteiger partial charge in [0.15, 0.2) is 17.5 Å². The fourth-order valence-corrected chi connectivity index (χ4v) is 7.95. The summed E-state index contributed by atoms with van der Waals surface area (Å²) in [6, 6.07) is 60.2. The van der Waals surface area contributed by atoms with Gasteiger partial charge in [-0.25, -0.2) is 15.0 Å². The molecule has 0 amide bonds. The molecule has 0 unspecified atom stereocenters. The summed E-state index contributed by atoms with van der Waals surface area (Å²) >= 11 is 0. The third kappa shape index (κ3) is 4.45. The Morgan fingerprint density at radius 2 is 1.02 bits per heavy atom. The molecule has 2 aromatic heterocycles. The molecule has 52 heavy (non-hydrogen) atoms. The fraction of sp³-hybridized carbons (Fsp3) is 0.0213. The number of fused-ring (bicyclic) bond motifs is 7. The smallest absolute Gasteiger partial charge is 0.164 e. The molecule has 10 rings (SSSR count). The van der Waals surface area contributed by atoms with Crippen LogP contribution in [0.15, 0.2) is 174 Å². The van der Waals surface area contributed by atoms with E-state index in [9.17, 15) is 5.26 Å². The van der Waals surface area contributed by atoms with Crippen molar-refractivity contribution in [1.29, 1.82) is 5.26 Å². The van der Waals surface area contributed by atoms with Crippen LogP contribution in [0.4, 0.5) is 0 Å². The zero-order valence-corrected chi connectivity index (χ0v) is 27.9. The molecule has 0 bridgehead atoms. The van der Waals surface area contributed by atoms with Gasteiger partial charge >= 0.3 is 0 Å². The Hall–Kier alpha value is -7.16. The van der Waals surface area contributed by atoms with Crippen LogP contribution in [0.1, 0.15) is 27.8 Å². The second kappa shape index (κ2) is 11.7. The number of aromatic nitrogens is 3. The topological polar surface area (TPSA) is 75.6 Å². The van der Waals surface area contributed by atoms with Crippen molar-refractivity contribution in [3.63, 3.8) is 0 Å². The van der Waals surface area contributed by atoms with Crippen molar-refractivity contribution < 1.29 is 4.42 Å². The number of benzene rings is 7. The molecule has 1 aliphatic carbocycles. The van der Waals surface area contributed by atoms with Crippen molar-refractivity contribution in [2.45, 2.75) is 5.41 Å². The average molecular weight is 665 g/mol. The van der Waals surface area contributed by atoms with Crippen LogP contribution in [-0.4, -0.2) is 15.0 Å². The molecule has 0 radical (unpaired) electrons. The normalized spacial score (nSPS) is 12.8. The van der Waals surface area contributed by atoms with Crippen LogP contribution >= 0.6 is 0 Å².